The first kappa shape index (κ1) is 13.7. The van der Waals surface area contributed by atoms with Crippen LogP contribution in [-0.4, -0.2) is 57.3 Å². The van der Waals surface area contributed by atoms with Gasteiger partial charge in [0.15, 0.2) is 0 Å². The van der Waals surface area contributed by atoms with Crippen molar-refractivity contribution in [2.75, 3.05) is 26.3 Å². The standard InChI is InChI=1S/C14H17N5O2/c20-14(18-6-8-21-9-7-18)13(19-11-15-16-17-19)10-12-4-2-1-3-5-12/h1-5,11,13H,6-10H2/t13-/m0/s1. The molecule has 3 rings (SSSR count). The third-order valence-corrected chi connectivity index (χ3v) is 3.56. The maximum Gasteiger partial charge on any atom is 0.248 e. The van der Waals surface area contributed by atoms with Gasteiger partial charge in [-0.3, -0.25) is 4.79 Å². The van der Waals surface area contributed by atoms with Crippen LogP contribution < -0.4 is 0 Å². The van der Waals surface area contributed by atoms with Gasteiger partial charge in [-0.2, -0.15) is 0 Å². The lowest BCUT2D eigenvalue weighted by atomic mass is 10.0. The molecule has 0 spiro atoms. The molecule has 7 nitrogen and oxygen atoms in total. The van der Waals surface area contributed by atoms with Crippen molar-refractivity contribution in [1.29, 1.82) is 0 Å². The van der Waals surface area contributed by atoms with Crippen LogP contribution in [0.1, 0.15) is 11.6 Å². The smallest absolute Gasteiger partial charge is 0.248 e. The maximum absolute atomic E-state index is 12.8. The Balaban J connectivity index is 1.80. The molecule has 1 aliphatic rings. The summed E-state index contributed by atoms with van der Waals surface area (Å²) < 4.78 is 6.83. The predicted molar refractivity (Wildman–Crippen MR) is 74.4 cm³/mol. The zero-order valence-electron chi connectivity index (χ0n) is 11.6. The van der Waals surface area contributed by atoms with Gasteiger partial charge in [0.2, 0.25) is 5.91 Å². The number of nitrogens with zero attached hydrogens (tertiary/aromatic N) is 5. The molecule has 2 aromatic rings. The predicted octanol–water partition coefficient (Wildman–Crippen LogP) is 0.316. The first-order valence-corrected chi connectivity index (χ1v) is 6.97. The normalized spacial score (nSPS) is 16.7. The Labute approximate surface area is 122 Å². The number of amides is 1. The molecular weight excluding hydrogens is 270 g/mol. The first-order chi connectivity index (χ1) is 10.3. The van der Waals surface area contributed by atoms with Crippen molar-refractivity contribution in [1.82, 2.24) is 25.1 Å². The summed E-state index contributed by atoms with van der Waals surface area (Å²) in [5.41, 5.74) is 1.08. The highest BCUT2D eigenvalue weighted by atomic mass is 16.5. The Morgan fingerprint density at radius 3 is 2.67 bits per heavy atom. The zero-order chi connectivity index (χ0) is 14.5. The minimum atomic E-state index is -0.416. The van der Waals surface area contributed by atoms with E-state index < -0.39 is 6.04 Å². The van der Waals surface area contributed by atoms with Gasteiger partial charge in [0.05, 0.1) is 13.2 Å². The molecule has 0 radical (unpaired) electrons. The quantitative estimate of drug-likeness (QED) is 0.809. The highest BCUT2D eigenvalue weighted by Crippen LogP contribution is 2.17. The van der Waals surface area contributed by atoms with Crippen LogP contribution >= 0.6 is 0 Å². The second kappa shape index (κ2) is 6.45. The van der Waals surface area contributed by atoms with Gasteiger partial charge in [-0.05, 0) is 16.0 Å². The Kier molecular flexibility index (Phi) is 4.20. The topological polar surface area (TPSA) is 73.1 Å². The largest absolute Gasteiger partial charge is 0.378 e. The van der Waals surface area contributed by atoms with Crippen molar-refractivity contribution in [3.8, 4) is 0 Å². The van der Waals surface area contributed by atoms with E-state index in [2.05, 4.69) is 15.5 Å². The fraction of sp³-hybridized carbons (Fsp3) is 0.429. The van der Waals surface area contributed by atoms with Gasteiger partial charge < -0.3 is 9.64 Å². The average molecular weight is 287 g/mol. The molecule has 1 fully saturated rings. The van der Waals surface area contributed by atoms with Crippen LogP contribution in [-0.2, 0) is 16.0 Å². The van der Waals surface area contributed by atoms with Crippen LogP contribution in [0.15, 0.2) is 36.7 Å². The molecule has 0 bridgehead atoms. The Hall–Kier alpha value is -2.28. The second-order valence-corrected chi connectivity index (χ2v) is 4.93. The molecule has 1 aromatic carbocycles. The van der Waals surface area contributed by atoms with Gasteiger partial charge in [-0.15, -0.1) is 5.10 Å². The van der Waals surface area contributed by atoms with Gasteiger partial charge in [-0.1, -0.05) is 30.3 Å². The van der Waals surface area contributed by atoms with E-state index in [4.69, 9.17) is 4.74 Å². The fourth-order valence-electron chi connectivity index (χ4n) is 2.44. The van der Waals surface area contributed by atoms with Crippen molar-refractivity contribution < 1.29 is 9.53 Å². The van der Waals surface area contributed by atoms with Crippen molar-refractivity contribution in [3.63, 3.8) is 0 Å². The van der Waals surface area contributed by atoms with Gasteiger partial charge in [-0.25, -0.2) is 4.68 Å². The van der Waals surface area contributed by atoms with E-state index in [1.807, 2.05) is 35.2 Å². The summed E-state index contributed by atoms with van der Waals surface area (Å²) in [7, 11) is 0. The maximum atomic E-state index is 12.8. The zero-order valence-corrected chi connectivity index (χ0v) is 11.6. The molecule has 2 heterocycles. The average Bonchev–Trinajstić information content (AvgIpc) is 3.08. The molecule has 1 saturated heterocycles. The minimum absolute atomic E-state index is 0.0365. The van der Waals surface area contributed by atoms with Crippen LogP contribution in [0.2, 0.25) is 0 Å². The van der Waals surface area contributed by atoms with Crippen LogP contribution in [0.5, 0.6) is 0 Å². The summed E-state index contributed by atoms with van der Waals surface area (Å²) in [6.07, 6.45) is 2.06. The summed E-state index contributed by atoms with van der Waals surface area (Å²) in [4.78, 5) is 14.6. The van der Waals surface area contributed by atoms with E-state index in [-0.39, 0.29) is 5.91 Å². The molecule has 1 aliphatic heterocycles. The first-order valence-electron chi connectivity index (χ1n) is 6.97. The van der Waals surface area contributed by atoms with Crippen molar-refractivity contribution >= 4 is 5.91 Å². The lowest BCUT2D eigenvalue weighted by molar-refractivity contribution is -0.139. The SMILES string of the molecule is O=C([C@H](Cc1ccccc1)n1cnnn1)N1CCOCC1. The lowest BCUT2D eigenvalue weighted by Crippen LogP contribution is -2.45. The molecule has 7 heteroatoms. The molecule has 0 N–H and O–H groups in total. The number of rotatable bonds is 4. The van der Waals surface area contributed by atoms with Crippen LogP contribution in [0.25, 0.3) is 0 Å². The molecular formula is C14H17N5O2. The Morgan fingerprint density at radius 1 is 1.24 bits per heavy atom. The number of tetrazole rings is 1. The third-order valence-electron chi connectivity index (χ3n) is 3.56. The number of hydrogen-bond donors (Lipinski definition) is 0. The summed E-state index contributed by atoms with van der Waals surface area (Å²) in [5.74, 6) is 0.0365. The van der Waals surface area contributed by atoms with Crippen LogP contribution in [0.4, 0.5) is 0 Å². The van der Waals surface area contributed by atoms with Gasteiger partial charge >= 0.3 is 0 Å². The van der Waals surface area contributed by atoms with Crippen molar-refractivity contribution in [2.24, 2.45) is 0 Å². The molecule has 1 aromatic heterocycles. The number of benzene rings is 1. The molecule has 0 saturated carbocycles. The molecule has 1 amide bonds. The number of carbonyl (C=O) groups is 1. The van der Waals surface area contributed by atoms with E-state index in [1.54, 1.807) is 0 Å². The molecule has 0 unspecified atom stereocenters. The highest BCUT2D eigenvalue weighted by Gasteiger charge is 2.28. The molecule has 21 heavy (non-hydrogen) atoms. The summed E-state index contributed by atoms with van der Waals surface area (Å²) in [5, 5.41) is 11.2. The van der Waals surface area contributed by atoms with E-state index in [0.29, 0.717) is 32.7 Å². The van der Waals surface area contributed by atoms with E-state index in [1.165, 1.54) is 11.0 Å². The number of carbonyl (C=O) groups excluding carboxylic acids is 1. The minimum Gasteiger partial charge on any atom is -0.378 e. The Bertz CT molecular complexity index is 566. The van der Waals surface area contributed by atoms with E-state index >= 15 is 0 Å². The molecule has 1 atom stereocenters. The van der Waals surface area contributed by atoms with Gasteiger partial charge in [0, 0.05) is 19.5 Å². The molecule has 0 aliphatic carbocycles. The lowest BCUT2D eigenvalue weighted by Gasteiger charge is -2.30. The summed E-state index contributed by atoms with van der Waals surface area (Å²) in [6.45, 7) is 2.40. The Morgan fingerprint density at radius 2 is 2.00 bits per heavy atom. The monoisotopic (exact) mass is 287 g/mol. The highest BCUT2D eigenvalue weighted by molar-refractivity contribution is 5.80. The number of morpholine rings is 1. The van der Waals surface area contributed by atoms with Gasteiger partial charge in [0.1, 0.15) is 12.4 Å². The van der Waals surface area contributed by atoms with Crippen LogP contribution in [0, 0.1) is 0 Å². The third kappa shape index (κ3) is 3.25. The number of hydrogen-bond acceptors (Lipinski definition) is 5. The van der Waals surface area contributed by atoms with E-state index in [9.17, 15) is 4.79 Å². The molecule has 110 valence electrons. The van der Waals surface area contributed by atoms with Crippen LogP contribution in [0.3, 0.4) is 0 Å². The van der Waals surface area contributed by atoms with Gasteiger partial charge in [0.25, 0.3) is 0 Å². The van der Waals surface area contributed by atoms with Crippen molar-refractivity contribution in [2.45, 2.75) is 12.5 Å². The number of aromatic nitrogens is 4. The van der Waals surface area contributed by atoms with Crippen molar-refractivity contribution in [3.05, 3.63) is 42.2 Å². The summed E-state index contributed by atoms with van der Waals surface area (Å²) >= 11 is 0. The fourth-order valence-corrected chi connectivity index (χ4v) is 2.44. The summed E-state index contributed by atoms with van der Waals surface area (Å²) in [6, 6.07) is 9.48. The number of ether oxygens (including phenoxy) is 1. The second-order valence-electron chi connectivity index (χ2n) is 4.93. The van der Waals surface area contributed by atoms with E-state index in [0.717, 1.165) is 5.56 Å².